The lowest BCUT2D eigenvalue weighted by molar-refractivity contribution is 0.316. The largest absolute Gasteiger partial charge is 0.456 e. The molecule has 1 aliphatic heterocycles. The first-order valence-corrected chi connectivity index (χ1v) is 8.44. The second-order valence-electron chi connectivity index (χ2n) is 6.38. The van der Waals surface area contributed by atoms with E-state index in [0.29, 0.717) is 10.9 Å². The lowest BCUT2D eigenvalue weighted by Gasteiger charge is -2.34. The van der Waals surface area contributed by atoms with Crippen molar-refractivity contribution in [3.63, 3.8) is 0 Å². The fourth-order valence-electron chi connectivity index (χ4n) is 3.52. The molecule has 1 aromatic heterocycles. The molecule has 0 radical (unpaired) electrons. The Balaban J connectivity index is 1.56. The van der Waals surface area contributed by atoms with Crippen molar-refractivity contribution in [3.05, 3.63) is 59.4 Å². The Bertz CT molecular complexity index is 726. The third-order valence-electron chi connectivity index (χ3n) is 4.55. The number of aromatic nitrogens is 1. The smallest absolute Gasteiger partial charge is 0.146 e. The zero-order valence-corrected chi connectivity index (χ0v) is 13.6. The lowest BCUT2D eigenvalue weighted by atomic mass is 9.78. The second kappa shape index (κ2) is 6.34. The van der Waals surface area contributed by atoms with Gasteiger partial charge in [-0.05, 0) is 72.7 Å². The average Bonchev–Trinajstić information content (AvgIpc) is 2.57. The molecule has 0 saturated carbocycles. The monoisotopic (exact) mass is 326 g/mol. The van der Waals surface area contributed by atoms with Crippen molar-refractivity contribution in [1.82, 2.24) is 10.3 Å². The molecule has 1 saturated heterocycles. The number of piperidine rings is 1. The number of pyridine rings is 1. The molecule has 0 amide bonds. The van der Waals surface area contributed by atoms with Crippen molar-refractivity contribution < 1.29 is 4.74 Å². The topological polar surface area (TPSA) is 34.1 Å². The average molecular weight is 327 g/mol. The van der Waals surface area contributed by atoms with E-state index in [-0.39, 0.29) is 0 Å². The first-order valence-electron chi connectivity index (χ1n) is 8.06. The Morgan fingerprint density at radius 1 is 1.09 bits per heavy atom. The van der Waals surface area contributed by atoms with Crippen LogP contribution >= 0.6 is 11.6 Å². The maximum absolute atomic E-state index is 5.91. The van der Waals surface area contributed by atoms with E-state index in [1.165, 1.54) is 17.6 Å². The Morgan fingerprint density at radius 3 is 2.78 bits per heavy atom. The number of hydrogen-bond donors (Lipinski definition) is 1. The minimum atomic E-state index is 0.651. The summed E-state index contributed by atoms with van der Waals surface area (Å²) in [6, 6.07) is 9.47. The summed E-state index contributed by atoms with van der Waals surface area (Å²) in [7, 11) is 0. The van der Waals surface area contributed by atoms with Crippen molar-refractivity contribution in [2.24, 2.45) is 11.8 Å². The number of halogens is 1. The molecule has 2 aliphatic rings. The number of nitrogens with one attached hydrogen (secondary N) is 1. The summed E-state index contributed by atoms with van der Waals surface area (Å²) in [6.07, 6.45) is 8.53. The summed E-state index contributed by atoms with van der Waals surface area (Å²) in [6.45, 7) is 2.22. The molecule has 2 aromatic rings. The predicted molar refractivity (Wildman–Crippen MR) is 92.8 cm³/mol. The van der Waals surface area contributed by atoms with Crippen LogP contribution in [0.2, 0.25) is 5.02 Å². The van der Waals surface area contributed by atoms with Gasteiger partial charge in [0.1, 0.15) is 11.5 Å². The quantitative estimate of drug-likeness (QED) is 0.899. The number of benzene rings is 1. The van der Waals surface area contributed by atoms with Crippen LogP contribution in [0.1, 0.15) is 18.4 Å². The summed E-state index contributed by atoms with van der Waals surface area (Å²) in [5.74, 6) is 2.93. The third-order valence-corrected chi connectivity index (χ3v) is 4.81. The van der Waals surface area contributed by atoms with Crippen molar-refractivity contribution in [2.75, 3.05) is 13.1 Å². The van der Waals surface area contributed by atoms with Crippen LogP contribution in [-0.2, 0) is 0 Å². The van der Waals surface area contributed by atoms with E-state index < -0.39 is 0 Å². The van der Waals surface area contributed by atoms with Gasteiger partial charge in [0.25, 0.3) is 0 Å². The van der Waals surface area contributed by atoms with Gasteiger partial charge in [-0.3, -0.25) is 4.98 Å². The van der Waals surface area contributed by atoms with Crippen LogP contribution in [0, 0.1) is 11.8 Å². The zero-order valence-electron chi connectivity index (χ0n) is 12.8. The minimum absolute atomic E-state index is 0.651. The fraction of sp³-hybridized carbons (Fsp3) is 0.316. The zero-order chi connectivity index (χ0) is 15.6. The minimum Gasteiger partial charge on any atom is -0.456 e. The normalized spacial score (nSPS) is 23.3. The summed E-state index contributed by atoms with van der Waals surface area (Å²) in [4.78, 5) is 4.36. The highest BCUT2D eigenvalue weighted by Crippen LogP contribution is 2.36. The van der Waals surface area contributed by atoms with Crippen LogP contribution in [0.4, 0.5) is 0 Å². The van der Waals surface area contributed by atoms with Gasteiger partial charge in [-0.15, -0.1) is 0 Å². The molecule has 1 N–H and O–H groups in total. The summed E-state index contributed by atoms with van der Waals surface area (Å²) in [5.41, 5.74) is 2.58. The van der Waals surface area contributed by atoms with Gasteiger partial charge in [0.05, 0.1) is 6.20 Å². The van der Waals surface area contributed by atoms with Crippen molar-refractivity contribution >= 4 is 17.2 Å². The van der Waals surface area contributed by atoms with Crippen LogP contribution in [0.25, 0.3) is 5.57 Å². The number of ether oxygens (including phenoxy) is 1. The molecule has 1 fully saturated rings. The maximum atomic E-state index is 5.91. The fourth-order valence-corrected chi connectivity index (χ4v) is 3.64. The molecule has 1 aromatic carbocycles. The highest BCUT2D eigenvalue weighted by atomic mass is 35.5. The van der Waals surface area contributed by atoms with Gasteiger partial charge in [0, 0.05) is 17.8 Å². The Hall–Kier alpha value is -1.84. The van der Waals surface area contributed by atoms with Gasteiger partial charge in [-0.1, -0.05) is 17.7 Å². The van der Waals surface area contributed by atoms with E-state index >= 15 is 0 Å². The Labute approximate surface area is 141 Å². The van der Waals surface area contributed by atoms with Crippen LogP contribution in [0.15, 0.2) is 48.8 Å². The summed E-state index contributed by atoms with van der Waals surface area (Å²) < 4.78 is 5.90. The number of rotatable bonds is 3. The SMILES string of the molecule is Clc1ccc(Oc2cncc(C3=C[C@@H]4CNC[C@H](C3)C4)c2)cc1. The molecule has 118 valence electrons. The van der Waals surface area contributed by atoms with E-state index in [0.717, 1.165) is 36.9 Å². The highest BCUT2D eigenvalue weighted by molar-refractivity contribution is 6.30. The first-order chi connectivity index (χ1) is 11.3. The number of fused-ring (bicyclic) bond motifs is 2. The molecule has 2 atom stereocenters. The number of allylic oxidation sites excluding steroid dienone is 1. The van der Waals surface area contributed by atoms with Gasteiger partial charge in [0.15, 0.2) is 0 Å². The second-order valence-corrected chi connectivity index (χ2v) is 6.82. The molecule has 23 heavy (non-hydrogen) atoms. The molecular formula is C19H19ClN2O. The van der Waals surface area contributed by atoms with Gasteiger partial charge in [-0.2, -0.15) is 0 Å². The molecule has 1 aliphatic carbocycles. The maximum Gasteiger partial charge on any atom is 0.146 e. The molecule has 4 rings (SSSR count). The number of hydrogen-bond acceptors (Lipinski definition) is 3. The van der Waals surface area contributed by atoms with E-state index in [1.54, 1.807) is 6.20 Å². The van der Waals surface area contributed by atoms with E-state index in [2.05, 4.69) is 22.4 Å². The van der Waals surface area contributed by atoms with Crippen LogP contribution in [0.3, 0.4) is 0 Å². The lowest BCUT2D eigenvalue weighted by Crippen LogP contribution is -2.37. The van der Waals surface area contributed by atoms with Gasteiger partial charge in [0.2, 0.25) is 0 Å². The van der Waals surface area contributed by atoms with Crippen LogP contribution in [0.5, 0.6) is 11.5 Å². The summed E-state index contributed by atoms with van der Waals surface area (Å²) in [5, 5.41) is 4.22. The molecule has 4 heteroatoms. The molecule has 0 unspecified atom stereocenters. The van der Waals surface area contributed by atoms with Crippen LogP contribution < -0.4 is 10.1 Å². The molecular weight excluding hydrogens is 308 g/mol. The number of nitrogens with zero attached hydrogens (tertiary/aromatic N) is 1. The van der Waals surface area contributed by atoms with E-state index in [4.69, 9.17) is 16.3 Å². The predicted octanol–water partition coefficient (Wildman–Crippen LogP) is 4.54. The molecule has 2 bridgehead atoms. The summed E-state index contributed by atoms with van der Waals surface area (Å²) >= 11 is 5.91. The van der Waals surface area contributed by atoms with Gasteiger partial charge < -0.3 is 10.1 Å². The van der Waals surface area contributed by atoms with Crippen molar-refractivity contribution in [3.8, 4) is 11.5 Å². The third kappa shape index (κ3) is 3.41. The van der Waals surface area contributed by atoms with Crippen LogP contribution in [-0.4, -0.2) is 18.1 Å². The van der Waals surface area contributed by atoms with Crippen molar-refractivity contribution in [1.29, 1.82) is 0 Å². The molecule has 2 heterocycles. The van der Waals surface area contributed by atoms with E-state index in [9.17, 15) is 0 Å². The molecule has 0 spiro atoms. The standard InChI is InChI=1S/C19H19ClN2O/c20-17-1-3-18(4-2-17)23-19-8-16(11-22-12-19)15-6-13-5-14(7-15)10-21-9-13/h1-4,6,8,11-14,21H,5,7,9-10H2/t13-,14+/m1/s1. The van der Waals surface area contributed by atoms with E-state index in [1.807, 2.05) is 30.5 Å². The molecule has 3 nitrogen and oxygen atoms in total. The van der Waals surface area contributed by atoms with Gasteiger partial charge in [-0.25, -0.2) is 0 Å². The van der Waals surface area contributed by atoms with Gasteiger partial charge >= 0.3 is 0 Å². The van der Waals surface area contributed by atoms with Crippen molar-refractivity contribution in [2.45, 2.75) is 12.8 Å². The highest BCUT2D eigenvalue weighted by Gasteiger charge is 2.26. The first kappa shape index (κ1) is 14.7. The Kier molecular flexibility index (Phi) is 4.06. The Morgan fingerprint density at radius 2 is 1.96 bits per heavy atom.